The van der Waals surface area contributed by atoms with E-state index in [0.29, 0.717) is 24.6 Å². The Morgan fingerprint density at radius 3 is 2.26 bits per heavy atom. The van der Waals surface area contributed by atoms with Gasteiger partial charge < -0.3 is 20.1 Å². The Labute approximate surface area is 203 Å². The second-order valence-electron chi connectivity index (χ2n) is 8.86. The highest BCUT2D eigenvalue weighted by Crippen LogP contribution is 2.44. The number of thioether (sulfide) groups is 1. The van der Waals surface area contributed by atoms with Crippen LogP contribution in [0.15, 0.2) is 48.5 Å². The van der Waals surface area contributed by atoms with Gasteiger partial charge in [0.25, 0.3) is 0 Å². The highest BCUT2D eigenvalue weighted by Gasteiger charge is 2.33. The summed E-state index contributed by atoms with van der Waals surface area (Å²) >= 11 is 1.57. The number of ether oxygens (including phenoxy) is 1. The van der Waals surface area contributed by atoms with Crippen LogP contribution in [0.5, 0.6) is 0 Å². The second-order valence-corrected chi connectivity index (χ2v) is 9.85. The number of carbonyl (C=O) groups excluding carboxylic acids is 2. The monoisotopic (exact) mass is 482 g/mol. The lowest BCUT2D eigenvalue weighted by Gasteiger charge is -2.26. The van der Waals surface area contributed by atoms with Crippen LogP contribution in [0.2, 0.25) is 0 Å². The van der Waals surface area contributed by atoms with E-state index in [1.165, 1.54) is 4.90 Å². The van der Waals surface area contributed by atoms with Gasteiger partial charge in [0.15, 0.2) is 0 Å². The minimum atomic E-state index is -1.06. The standard InChI is InChI=1S/C26H30N2O5S/c1-34-13-12-23(25(31)28(15-24(29)30)14-17-10-11-17)27-26(32)33-16-22-20-8-4-2-6-18(20)19-7-3-5-9-21(19)22/h2-9,17,22-23H,10-16H2,1H3,(H,27,32)(H,29,30)/t23-/m0/s1. The van der Waals surface area contributed by atoms with Gasteiger partial charge in [-0.2, -0.15) is 11.8 Å². The zero-order valence-corrected chi connectivity index (χ0v) is 20.1. The SMILES string of the molecule is CSCC[C@H](NC(=O)OCC1c2ccccc2-c2ccccc21)C(=O)N(CC(=O)O)CC1CC1. The summed E-state index contributed by atoms with van der Waals surface area (Å²) in [6, 6.07) is 15.4. The van der Waals surface area contributed by atoms with Crippen molar-refractivity contribution in [3.8, 4) is 11.1 Å². The molecule has 4 rings (SSSR count). The summed E-state index contributed by atoms with van der Waals surface area (Å²) in [4.78, 5) is 38.6. The molecule has 2 aliphatic carbocycles. The minimum Gasteiger partial charge on any atom is -0.480 e. The molecule has 2 amide bonds. The van der Waals surface area contributed by atoms with E-state index in [1.54, 1.807) is 11.8 Å². The number of hydrogen-bond acceptors (Lipinski definition) is 5. The molecule has 180 valence electrons. The number of benzene rings is 2. The lowest BCUT2D eigenvalue weighted by atomic mass is 9.98. The van der Waals surface area contributed by atoms with Crippen molar-refractivity contribution in [3.63, 3.8) is 0 Å². The third kappa shape index (κ3) is 5.73. The van der Waals surface area contributed by atoms with Gasteiger partial charge in [0.1, 0.15) is 19.2 Å². The van der Waals surface area contributed by atoms with E-state index in [-0.39, 0.29) is 25.0 Å². The molecule has 0 spiro atoms. The molecule has 34 heavy (non-hydrogen) atoms. The first-order valence-electron chi connectivity index (χ1n) is 11.6. The topological polar surface area (TPSA) is 95.9 Å². The van der Waals surface area contributed by atoms with Crippen LogP contribution in [0.25, 0.3) is 11.1 Å². The van der Waals surface area contributed by atoms with Crippen molar-refractivity contribution in [2.24, 2.45) is 5.92 Å². The maximum Gasteiger partial charge on any atom is 0.407 e. The summed E-state index contributed by atoms with van der Waals surface area (Å²) in [5, 5.41) is 12.0. The average Bonchev–Trinajstić information content (AvgIpc) is 3.59. The van der Waals surface area contributed by atoms with Gasteiger partial charge in [-0.3, -0.25) is 9.59 Å². The number of hydrogen-bond donors (Lipinski definition) is 2. The zero-order chi connectivity index (χ0) is 24.1. The Balaban J connectivity index is 1.42. The number of carboxylic acids is 1. The predicted molar refractivity (Wildman–Crippen MR) is 132 cm³/mol. The molecule has 1 saturated carbocycles. The van der Waals surface area contributed by atoms with Crippen LogP contribution < -0.4 is 5.32 Å². The van der Waals surface area contributed by atoms with Crippen LogP contribution in [0.1, 0.15) is 36.3 Å². The lowest BCUT2D eigenvalue weighted by molar-refractivity contribution is -0.145. The Hall–Kier alpha value is -3.00. The number of fused-ring (bicyclic) bond motifs is 3. The van der Waals surface area contributed by atoms with Crippen LogP contribution in [0.4, 0.5) is 4.79 Å². The van der Waals surface area contributed by atoms with Crippen molar-refractivity contribution in [2.75, 3.05) is 31.7 Å². The van der Waals surface area contributed by atoms with E-state index in [4.69, 9.17) is 4.74 Å². The molecule has 0 bridgehead atoms. The van der Waals surface area contributed by atoms with Gasteiger partial charge in [-0.25, -0.2) is 4.79 Å². The molecule has 7 nitrogen and oxygen atoms in total. The molecule has 2 aliphatic rings. The maximum absolute atomic E-state index is 13.2. The Bertz CT molecular complexity index is 1010. The van der Waals surface area contributed by atoms with Gasteiger partial charge in [0.2, 0.25) is 5.91 Å². The number of nitrogens with one attached hydrogen (secondary N) is 1. The second kappa shape index (κ2) is 11.0. The lowest BCUT2D eigenvalue weighted by Crippen LogP contribution is -2.51. The molecule has 2 aromatic rings. The van der Waals surface area contributed by atoms with Crippen molar-refractivity contribution < 1.29 is 24.2 Å². The van der Waals surface area contributed by atoms with E-state index in [0.717, 1.165) is 35.1 Å². The Kier molecular flexibility index (Phi) is 7.77. The molecule has 2 N–H and O–H groups in total. The summed E-state index contributed by atoms with van der Waals surface area (Å²) in [7, 11) is 0. The summed E-state index contributed by atoms with van der Waals surface area (Å²) in [6.45, 7) is 0.203. The number of amides is 2. The van der Waals surface area contributed by atoms with Gasteiger partial charge in [-0.15, -0.1) is 0 Å². The number of rotatable bonds is 11. The number of alkyl carbamates (subject to hydrolysis) is 1. The van der Waals surface area contributed by atoms with E-state index >= 15 is 0 Å². The molecular weight excluding hydrogens is 452 g/mol. The zero-order valence-electron chi connectivity index (χ0n) is 19.2. The largest absolute Gasteiger partial charge is 0.480 e. The maximum atomic E-state index is 13.2. The fourth-order valence-corrected chi connectivity index (χ4v) is 4.98. The smallest absolute Gasteiger partial charge is 0.407 e. The highest BCUT2D eigenvalue weighted by molar-refractivity contribution is 7.98. The van der Waals surface area contributed by atoms with E-state index in [9.17, 15) is 19.5 Å². The van der Waals surface area contributed by atoms with Crippen molar-refractivity contribution in [2.45, 2.75) is 31.2 Å². The molecule has 0 aromatic heterocycles. The highest BCUT2D eigenvalue weighted by atomic mass is 32.2. The predicted octanol–water partition coefficient (Wildman–Crippen LogP) is 3.97. The number of aliphatic carboxylic acids is 1. The summed E-state index contributed by atoms with van der Waals surface area (Å²) < 4.78 is 5.61. The van der Waals surface area contributed by atoms with Gasteiger partial charge in [0, 0.05) is 12.5 Å². The van der Waals surface area contributed by atoms with Crippen molar-refractivity contribution in [1.29, 1.82) is 0 Å². The number of carboxylic acid groups (broad SMARTS) is 1. The quantitative estimate of drug-likeness (QED) is 0.503. The van der Waals surface area contributed by atoms with Crippen molar-refractivity contribution >= 4 is 29.7 Å². The van der Waals surface area contributed by atoms with Gasteiger partial charge in [-0.1, -0.05) is 48.5 Å². The van der Waals surface area contributed by atoms with Gasteiger partial charge in [0.05, 0.1) is 0 Å². The summed E-state index contributed by atoms with van der Waals surface area (Å²) in [5.41, 5.74) is 4.51. The van der Waals surface area contributed by atoms with Crippen molar-refractivity contribution in [3.05, 3.63) is 59.7 Å². The molecule has 8 heteroatoms. The molecule has 0 radical (unpaired) electrons. The average molecular weight is 483 g/mol. The first kappa shape index (κ1) is 24.1. The molecule has 0 unspecified atom stereocenters. The van der Waals surface area contributed by atoms with Gasteiger partial charge >= 0.3 is 12.1 Å². The molecule has 1 atom stereocenters. The molecule has 1 fully saturated rings. The van der Waals surface area contributed by atoms with Crippen LogP contribution in [0.3, 0.4) is 0 Å². The fraction of sp³-hybridized carbons (Fsp3) is 0.423. The number of nitrogens with zero attached hydrogens (tertiary/aromatic N) is 1. The Morgan fingerprint density at radius 2 is 1.71 bits per heavy atom. The van der Waals surface area contributed by atoms with E-state index in [1.807, 2.05) is 42.7 Å². The van der Waals surface area contributed by atoms with E-state index < -0.39 is 18.1 Å². The third-order valence-corrected chi connectivity index (χ3v) is 7.00. The van der Waals surface area contributed by atoms with Crippen LogP contribution in [0, 0.1) is 5.92 Å². The Morgan fingerprint density at radius 1 is 1.09 bits per heavy atom. The van der Waals surface area contributed by atoms with Crippen LogP contribution >= 0.6 is 11.8 Å². The van der Waals surface area contributed by atoms with Crippen molar-refractivity contribution in [1.82, 2.24) is 10.2 Å². The molecule has 0 heterocycles. The summed E-state index contributed by atoms with van der Waals surface area (Å²) in [5.74, 6) is -0.490. The first-order valence-corrected chi connectivity index (χ1v) is 13.0. The third-order valence-electron chi connectivity index (χ3n) is 6.36. The van der Waals surface area contributed by atoms with E-state index in [2.05, 4.69) is 17.4 Å². The van der Waals surface area contributed by atoms with Crippen LogP contribution in [-0.4, -0.2) is 65.7 Å². The normalized spacial score (nSPS) is 15.2. The van der Waals surface area contributed by atoms with Gasteiger partial charge in [-0.05, 0) is 59.4 Å². The minimum absolute atomic E-state index is 0.0723. The first-order chi connectivity index (χ1) is 16.5. The van der Waals surface area contributed by atoms with Crippen LogP contribution in [-0.2, 0) is 14.3 Å². The fourth-order valence-electron chi connectivity index (χ4n) is 4.50. The number of carbonyl (C=O) groups is 3. The molecule has 0 aliphatic heterocycles. The molecule has 2 aromatic carbocycles. The molecular formula is C26H30N2O5S. The molecule has 0 saturated heterocycles. The summed E-state index contributed by atoms with van der Waals surface area (Å²) in [6.07, 6.45) is 3.67.